The maximum atomic E-state index is 12.2. The van der Waals surface area contributed by atoms with Crippen molar-refractivity contribution in [2.75, 3.05) is 13.7 Å². The first kappa shape index (κ1) is 12.5. The molecule has 5 nitrogen and oxygen atoms in total. The Kier molecular flexibility index (Phi) is 3.07. The van der Waals surface area contributed by atoms with E-state index in [0.717, 1.165) is 0 Å². The number of pyridine rings is 1. The standard InChI is InChI=1S/C13H16N2O3/c1-13(2)8-15(10(13)12(17)18-3)11(16)9-6-4-5-7-14-9/h4-7,10H,8H2,1-3H3/t10-/m1/s1. The van der Waals surface area contributed by atoms with Crippen LogP contribution in [0.4, 0.5) is 0 Å². The number of hydrogen-bond donors (Lipinski definition) is 0. The minimum atomic E-state index is -0.531. The summed E-state index contributed by atoms with van der Waals surface area (Å²) >= 11 is 0. The lowest BCUT2D eigenvalue weighted by Crippen LogP contribution is -2.67. The van der Waals surface area contributed by atoms with Gasteiger partial charge in [-0.15, -0.1) is 0 Å². The third-order valence-corrected chi connectivity index (χ3v) is 3.20. The van der Waals surface area contributed by atoms with Gasteiger partial charge in [0, 0.05) is 18.2 Å². The topological polar surface area (TPSA) is 59.5 Å². The van der Waals surface area contributed by atoms with Crippen LogP contribution in [0.25, 0.3) is 0 Å². The number of hydrogen-bond acceptors (Lipinski definition) is 4. The van der Waals surface area contributed by atoms with Gasteiger partial charge in [0.15, 0.2) is 0 Å². The predicted octanol–water partition coefficient (Wildman–Crippen LogP) is 1.11. The van der Waals surface area contributed by atoms with Gasteiger partial charge in [0.2, 0.25) is 0 Å². The van der Waals surface area contributed by atoms with E-state index in [1.807, 2.05) is 13.8 Å². The van der Waals surface area contributed by atoms with E-state index in [1.54, 1.807) is 24.4 Å². The molecule has 1 saturated heterocycles. The highest BCUT2D eigenvalue weighted by molar-refractivity contribution is 5.96. The molecule has 0 saturated carbocycles. The fraction of sp³-hybridized carbons (Fsp3) is 0.462. The van der Waals surface area contributed by atoms with Gasteiger partial charge >= 0.3 is 5.97 Å². The van der Waals surface area contributed by atoms with E-state index in [9.17, 15) is 9.59 Å². The fourth-order valence-electron chi connectivity index (χ4n) is 2.31. The maximum Gasteiger partial charge on any atom is 0.329 e. The number of carbonyl (C=O) groups excluding carboxylic acids is 2. The molecule has 96 valence electrons. The largest absolute Gasteiger partial charge is 0.467 e. The van der Waals surface area contributed by atoms with E-state index in [1.165, 1.54) is 12.0 Å². The van der Waals surface area contributed by atoms with Gasteiger partial charge in [-0.05, 0) is 12.1 Å². The van der Waals surface area contributed by atoms with Crippen molar-refractivity contribution in [1.82, 2.24) is 9.88 Å². The van der Waals surface area contributed by atoms with Crippen molar-refractivity contribution in [3.05, 3.63) is 30.1 Å². The summed E-state index contributed by atoms with van der Waals surface area (Å²) in [6.45, 7) is 4.41. The van der Waals surface area contributed by atoms with Crippen molar-refractivity contribution < 1.29 is 14.3 Å². The van der Waals surface area contributed by atoms with Gasteiger partial charge in [-0.2, -0.15) is 0 Å². The first-order valence-electron chi connectivity index (χ1n) is 5.77. The molecule has 1 atom stereocenters. The number of likely N-dealkylation sites (tertiary alicyclic amines) is 1. The highest BCUT2D eigenvalue weighted by Gasteiger charge is 2.53. The average molecular weight is 248 g/mol. The molecule has 2 heterocycles. The summed E-state index contributed by atoms with van der Waals surface area (Å²) < 4.78 is 4.75. The van der Waals surface area contributed by atoms with Crippen LogP contribution in [0.1, 0.15) is 24.3 Å². The molecule has 1 fully saturated rings. The highest BCUT2D eigenvalue weighted by Crippen LogP contribution is 2.38. The summed E-state index contributed by atoms with van der Waals surface area (Å²) in [5.74, 6) is -0.610. The van der Waals surface area contributed by atoms with E-state index >= 15 is 0 Å². The van der Waals surface area contributed by atoms with Crippen molar-refractivity contribution >= 4 is 11.9 Å². The third kappa shape index (κ3) is 1.96. The number of rotatable bonds is 2. The zero-order valence-corrected chi connectivity index (χ0v) is 10.7. The Morgan fingerprint density at radius 2 is 2.17 bits per heavy atom. The van der Waals surface area contributed by atoms with E-state index in [-0.39, 0.29) is 17.3 Å². The lowest BCUT2D eigenvalue weighted by atomic mass is 9.74. The van der Waals surface area contributed by atoms with E-state index < -0.39 is 6.04 Å². The first-order chi connectivity index (χ1) is 8.47. The number of amides is 1. The molecule has 1 aliphatic rings. The fourth-order valence-corrected chi connectivity index (χ4v) is 2.31. The normalized spacial score (nSPS) is 21.1. The van der Waals surface area contributed by atoms with E-state index in [0.29, 0.717) is 12.2 Å². The Morgan fingerprint density at radius 3 is 2.67 bits per heavy atom. The van der Waals surface area contributed by atoms with Gasteiger partial charge in [0.25, 0.3) is 5.91 Å². The van der Waals surface area contributed by atoms with Gasteiger partial charge < -0.3 is 9.64 Å². The van der Waals surface area contributed by atoms with Crippen LogP contribution < -0.4 is 0 Å². The Morgan fingerprint density at radius 1 is 1.44 bits per heavy atom. The van der Waals surface area contributed by atoms with Gasteiger partial charge in [0.05, 0.1) is 7.11 Å². The number of carbonyl (C=O) groups is 2. The second kappa shape index (κ2) is 4.40. The number of nitrogens with zero attached hydrogens (tertiary/aromatic N) is 2. The second-order valence-electron chi connectivity index (χ2n) is 5.06. The Balaban J connectivity index is 2.20. The van der Waals surface area contributed by atoms with Crippen LogP contribution in [-0.2, 0) is 9.53 Å². The van der Waals surface area contributed by atoms with Gasteiger partial charge in [-0.1, -0.05) is 19.9 Å². The molecule has 0 N–H and O–H groups in total. The van der Waals surface area contributed by atoms with E-state index in [4.69, 9.17) is 4.74 Å². The number of methoxy groups -OCH3 is 1. The van der Waals surface area contributed by atoms with Gasteiger partial charge in [0.1, 0.15) is 11.7 Å². The molecule has 0 aliphatic carbocycles. The molecule has 0 radical (unpaired) electrons. The number of ether oxygens (including phenoxy) is 1. The predicted molar refractivity (Wildman–Crippen MR) is 64.9 cm³/mol. The van der Waals surface area contributed by atoms with Crippen LogP contribution in [0.15, 0.2) is 24.4 Å². The van der Waals surface area contributed by atoms with Crippen LogP contribution in [0, 0.1) is 5.41 Å². The highest BCUT2D eigenvalue weighted by atomic mass is 16.5. The quantitative estimate of drug-likeness (QED) is 0.735. The molecule has 0 spiro atoms. The monoisotopic (exact) mass is 248 g/mol. The van der Waals surface area contributed by atoms with Crippen molar-refractivity contribution in [2.24, 2.45) is 5.41 Å². The van der Waals surface area contributed by atoms with Crippen molar-refractivity contribution in [3.8, 4) is 0 Å². The zero-order chi connectivity index (χ0) is 13.3. The van der Waals surface area contributed by atoms with E-state index in [2.05, 4.69) is 4.98 Å². The molecule has 1 aliphatic heterocycles. The second-order valence-corrected chi connectivity index (χ2v) is 5.06. The molecule has 5 heteroatoms. The molecular weight excluding hydrogens is 232 g/mol. The SMILES string of the molecule is COC(=O)[C@H]1N(C(=O)c2ccccn2)CC1(C)C. The first-order valence-corrected chi connectivity index (χ1v) is 5.77. The molecule has 2 rings (SSSR count). The molecule has 1 amide bonds. The maximum absolute atomic E-state index is 12.2. The third-order valence-electron chi connectivity index (χ3n) is 3.20. The minimum absolute atomic E-state index is 0.231. The smallest absolute Gasteiger partial charge is 0.329 e. The molecular formula is C13H16N2O3. The van der Waals surface area contributed by atoms with Crippen LogP contribution in [0.5, 0.6) is 0 Å². The van der Waals surface area contributed by atoms with Gasteiger partial charge in [-0.25, -0.2) is 4.79 Å². The summed E-state index contributed by atoms with van der Waals surface area (Å²) in [6.07, 6.45) is 1.56. The average Bonchev–Trinajstić information content (AvgIpc) is 2.36. The molecule has 0 bridgehead atoms. The molecule has 1 aromatic rings. The number of aromatic nitrogens is 1. The van der Waals surface area contributed by atoms with Crippen LogP contribution in [-0.4, -0.2) is 41.5 Å². The summed E-state index contributed by atoms with van der Waals surface area (Å²) in [5.41, 5.74) is 0.0965. The van der Waals surface area contributed by atoms with Crippen LogP contribution in [0.2, 0.25) is 0 Å². The Bertz CT molecular complexity index is 470. The number of esters is 1. The summed E-state index contributed by atoms with van der Waals surface area (Å²) in [5, 5.41) is 0. The van der Waals surface area contributed by atoms with Crippen molar-refractivity contribution in [1.29, 1.82) is 0 Å². The van der Waals surface area contributed by atoms with Crippen LogP contribution >= 0.6 is 0 Å². The Hall–Kier alpha value is -1.91. The molecule has 18 heavy (non-hydrogen) atoms. The Labute approximate surface area is 106 Å². The zero-order valence-electron chi connectivity index (χ0n) is 10.7. The summed E-state index contributed by atoms with van der Waals surface area (Å²) in [6, 6.07) is 4.60. The minimum Gasteiger partial charge on any atom is -0.467 e. The summed E-state index contributed by atoms with van der Waals surface area (Å²) in [7, 11) is 1.33. The molecule has 1 aromatic heterocycles. The lowest BCUT2D eigenvalue weighted by molar-refractivity contribution is -0.160. The molecule has 0 unspecified atom stereocenters. The van der Waals surface area contributed by atoms with Crippen LogP contribution in [0.3, 0.4) is 0 Å². The van der Waals surface area contributed by atoms with Crippen molar-refractivity contribution in [3.63, 3.8) is 0 Å². The summed E-state index contributed by atoms with van der Waals surface area (Å²) in [4.78, 5) is 29.4. The lowest BCUT2D eigenvalue weighted by Gasteiger charge is -2.51. The van der Waals surface area contributed by atoms with Crippen molar-refractivity contribution in [2.45, 2.75) is 19.9 Å². The van der Waals surface area contributed by atoms with Gasteiger partial charge in [-0.3, -0.25) is 9.78 Å². The molecule has 0 aromatic carbocycles.